The van der Waals surface area contributed by atoms with Gasteiger partial charge in [0.15, 0.2) is 5.75 Å². The monoisotopic (exact) mass is 325 g/mol. The largest absolute Gasteiger partial charge is 0.497 e. The minimum atomic E-state index is -3.03. The number of benzene rings is 1. The van der Waals surface area contributed by atoms with Gasteiger partial charge in [-0.15, -0.1) is 0 Å². The van der Waals surface area contributed by atoms with Crippen LogP contribution in [-0.4, -0.2) is 24.9 Å². The van der Waals surface area contributed by atoms with Gasteiger partial charge in [0.25, 0.3) is 0 Å². The number of alkyl halides is 2. The van der Waals surface area contributed by atoms with Crippen molar-refractivity contribution in [1.82, 2.24) is 4.57 Å². The number of hydrogen-bond acceptors (Lipinski definition) is 4. The molecule has 0 saturated heterocycles. The number of hydrogen-bond donors (Lipinski definition) is 0. The Morgan fingerprint density at radius 3 is 2.39 bits per heavy atom. The molecule has 1 heterocycles. The van der Waals surface area contributed by atoms with Crippen LogP contribution in [0.4, 0.5) is 8.78 Å². The number of ether oxygens (including phenoxy) is 3. The fourth-order valence-corrected chi connectivity index (χ4v) is 2.06. The van der Waals surface area contributed by atoms with Crippen LogP contribution in [0.25, 0.3) is 0 Å². The molecule has 0 amide bonds. The van der Waals surface area contributed by atoms with Crippen molar-refractivity contribution in [1.29, 1.82) is 0 Å². The van der Waals surface area contributed by atoms with E-state index < -0.39 is 12.0 Å². The Morgan fingerprint density at radius 1 is 1.13 bits per heavy atom. The third-order valence-electron chi connectivity index (χ3n) is 3.26. The lowest BCUT2D eigenvalue weighted by atomic mass is 10.3. The number of halogens is 2. The van der Waals surface area contributed by atoms with Crippen LogP contribution in [0.2, 0.25) is 0 Å². The Labute approximate surface area is 132 Å². The molecule has 1 aromatic heterocycles. The highest BCUT2D eigenvalue weighted by molar-refractivity contribution is 5.31. The first-order valence-electron chi connectivity index (χ1n) is 6.93. The lowest BCUT2D eigenvalue weighted by Gasteiger charge is -2.15. The van der Waals surface area contributed by atoms with Gasteiger partial charge in [-0.05, 0) is 31.2 Å². The zero-order chi connectivity index (χ0) is 16.8. The van der Waals surface area contributed by atoms with Gasteiger partial charge in [0.05, 0.1) is 19.3 Å². The summed E-state index contributed by atoms with van der Waals surface area (Å²) in [5.74, 6) is 1.04. The van der Waals surface area contributed by atoms with Crippen LogP contribution < -0.4 is 19.6 Å². The first-order valence-corrected chi connectivity index (χ1v) is 6.93. The molecule has 0 atom stereocenters. The number of aromatic nitrogens is 1. The highest BCUT2D eigenvalue weighted by Gasteiger charge is 2.13. The molecule has 0 saturated carbocycles. The number of rotatable bonds is 7. The van der Waals surface area contributed by atoms with E-state index in [1.807, 2.05) is 0 Å². The van der Waals surface area contributed by atoms with E-state index in [0.29, 0.717) is 24.6 Å². The third-order valence-corrected chi connectivity index (χ3v) is 3.26. The highest BCUT2D eigenvalue weighted by atomic mass is 19.3. The van der Waals surface area contributed by atoms with Crippen LogP contribution in [0.15, 0.2) is 41.3 Å². The van der Waals surface area contributed by atoms with Gasteiger partial charge in [-0.25, -0.2) is 0 Å². The molecule has 0 aliphatic carbocycles. The highest BCUT2D eigenvalue weighted by Crippen LogP contribution is 2.18. The second-order valence-corrected chi connectivity index (χ2v) is 4.69. The normalized spacial score (nSPS) is 10.7. The van der Waals surface area contributed by atoms with Crippen molar-refractivity contribution < 1.29 is 23.0 Å². The Balaban J connectivity index is 2.01. The number of nitrogens with zero attached hydrogens (tertiary/aromatic N) is 1. The van der Waals surface area contributed by atoms with Gasteiger partial charge < -0.3 is 18.8 Å². The maximum Gasteiger partial charge on any atom is 0.387 e. The molecular weight excluding hydrogens is 308 g/mol. The van der Waals surface area contributed by atoms with Gasteiger partial charge in [0.1, 0.15) is 18.1 Å². The molecule has 2 rings (SSSR count). The lowest BCUT2D eigenvalue weighted by molar-refractivity contribution is -0.0515. The maximum absolute atomic E-state index is 12.3. The fourth-order valence-electron chi connectivity index (χ4n) is 2.06. The van der Waals surface area contributed by atoms with E-state index in [1.54, 1.807) is 42.9 Å². The van der Waals surface area contributed by atoms with Gasteiger partial charge >= 0.3 is 6.61 Å². The van der Waals surface area contributed by atoms with Crippen LogP contribution in [-0.2, 0) is 6.54 Å². The van der Waals surface area contributed by atoms with E-state index in [1.165, 1.54) is 12.3 Å². The molecule has 0 N–H and O–H groups in total. The number of pyridine rings is 1. The van der Waals surface area contributed by atoms with Gasteiger partial charge in [-0.1, -0.05) is 0 Å². The molecular formula is C16H17F2NO4. The zero-order valence-electron chi connectivity index (χ0n) is 12.8. The molecule has 7 heteroatoms. The first-order chi connectivity index (χ1) is 11.0. The summed E-state index contributed by atoms with van der Waals surface area (Å²) >= 11 is 0. The molecule has 1 aromatic carbocycles. The molecule has 23 heavy (non-hydrogen) atoms. The summed E-state index contributed by atoms with van der Waals surface area (Å²) in [6.45, 7) is -0.790. The Hall–Kier alpha value is -2.57. The van der Waals surface area contributed by atoms with Crippen LogP contribution in [0.5, 0.6) is 17.2 Å². The third kappa shape index (κ3) is 4.45. The Bertz CT molecular complexity index is 698. The molecule has 0 bridgehead atoms. The van der Waals surface area contributed by atoms with E-state index in [2.05, 4.69) is 4.74 Å². The average molecular weight is 325 g/mol. The molecule has 0 radical (unpaired) electrons. The molecule has 0 aliphatic rings. The summed E-state index contributed by atoms with van der Waals surface area (Å²) < 4.78 is 41.2. The van der Waals surface area contributed by atoms with Crippen molar-refractivity contribution in [2.24, 2.45) is 0 Å². The summed E-state index contributed by atoms with van der Waals surface area (Å²) in [7, 11) is 1.58. The predicted octanol–water partition coefficient (Wildman–Crippen LogP) is 2.85. The minimum absolute atomic E-state index is 0.310. The topological polar surface area (TPSA) is 49.7 Å². The molecule has 5 nitrogen and oxygen atoms in total. The summed E-state index contributed by atoms with van der Waals surface area (Å²) in [5, 5.41) is 0. The van der Waals surface area contributed by atoms with Gasteiger partial charge in [0.2, 0.25) is 5.43 Å². The summed E-state index contributed by atoms with van der Waals surface area (Å²) in [5.41, 5.74) is -0.244. The van der Waals surface area contributed by atoms with E-state index in [-0.39, 0.29) is 5.75 Å². The summed E-state index contributed by atoms with van der Waals surface area (Å²) in [6, 6.07) is 8.27. The maximum atomic E-state index is 12.3. The molecule has 0 spiro atoms. The SMILES string of the molecule is COc1ccc(OCCn2ccc(=O)c(OC(F)F)c2C)cc1. The van der Waals surface area contributed by atoms with Crippen LogP contribution in [0, 0.1) is 6.92 Å². The quantitative estimate of drug-likeness (QED) is 0.785. The molecule has 0 fully saturated rings. The van der Waals surface area contributed by atoms with Gasteiger partial charge in [-0.2, -0.15) is 8.78 Å². The van der Waals surface area contributed by atoms with Crippen molar-refractivity contribution in [2.75, 3.05) is 13.7 Å². The Morgan fingerprint density at radius 2 is 1.78 bits per heavy atom. The van der Waals surface area contributed by atoms with E-state index in [0.717, 1.165) is 5.75 Å². The second kappa shape index (κ2) is 7.62. The Kier molecular flexibility index (Phi) is 5.56. The average Bonchev–Trinajstić information content (AvgIpc) is 2.54. The van der Waals surface area contributed by atoms with Crippen LogP contribution >= 0.6 is 0 Å². The van der Waals surface area contributed by atoms with Crippen molar-refractivity contribution in [3.63, 3.8) is 0 Å². The first kappa shape index (κ1) is 16.8. The van der Waals surface area contributed by atoms with E-state index >= 15 is 0 Å². The predicted molar refractivity (Wildman–Crippen MR) is 80.6 cm³/mol. The van der Waals surface area contributed by atoms with Crippen molar-refractivity contribution in [3.8, 4) is 17.2 Å². The molecule has 0 aliphatic heterocycles. The second-order valence-electron chi connectivity index (χ2n) is 4.69. The fraction of sp³-hybridized carbons (Fsp3) is 0.312. The van der Waals surface area contributed by atoms with Crippen molar-refractivity contribution in [3.05, 3.63) is 52.4 Å². The number of methoxy groups -OCH3 is 1. The lowest BCUT2D eigenvalue weighted by Crippen LogP contribution is -2.19. The summed E-state index contributed by atoms with van der Waals surface area (Å²) in [4.78, 5) is 11.6. The van der Waals surface area contributed by atoms with Gasteiger partial charge in [-0.3, -0.25) is 4.79 Å². The van der Waals surface area contributed by atoms with Crippen LogP contribution in [0.3, 0.4) is 0 Å². The zero-order valence-corrected chi connectivity index (χ0v) is 12.8. The standard InChI is InChI=1S/C16H17F2NO4/c1-11-15(23-16(17)18)14(20)7-8-19(11)9-10-22-13-5-3-12(21-2)4-6-13/h3-8,16H,9-10H2,1-2H3. The molecule has 2 aromatic rings. The summed E-state index contributed by atoms with van der Waals surface area (Å²) in [6.07, 6.45) is 1.52. The van der Waals surface area contributed by atoms with E-state index in [9.17, 15) is 13.6 Å². The van der Waals surface area contributed by atoms with E-state index in [4.69, 9.17) is 9.47 Å². The minimum Gasteiger partial charge on any atom is -0.497 e. The molecule has 0 unspecified atom stereocenters. The van der Waals surface area contributed by atoms with Crippen molar-refractivity contribution >= 4 is 0 Å². The van der Waals surface area contributed by atoms with Crippen molar-refractivity contribution in [2.45, 2.75) is 20.1 Å². The van der Waals surface area contributed by atoms with Crippen LogP contribution in [0.1, 0.15) is 5.69 Å². The smallest absolute Gasteiger partial charge is 0.387 e. The van der Waals surface area contributed by atoms with Gasteiger partial charge in [0, 0.05) is 12.3 Å². The molecule has 124 valence electrons.